The Kier molecular flexibility index (Phi) is 8.55. The summed E-state index contributed by atoms with van der Waals surface area (Å²) in [6.07, 6.45) is 0.706. The number of hydrogen-bond acceptors (Lipinski definition) is 5. The highest BCUT2D eigenvalue weighted by Crippen LogP contribution is 2.32. The van der Waals surface area contributed by atoms with E-state index < -0.39 is 52.8 Å². The van der Waals surface area contributed by atoms with Crippen LogP contribution in [-0.2, 0) is 22.6 Å². The topological polar surface area (TPSA) is 122 Å². The standard InChI is InChI=1S/C26H35F3N6O3/c1-13(2)9-19(23(30)36)31-24(37)22(26(3,4)5)32-25(38)35-20-7-8-34(6)12-15(20)21(33-35)14-10-17(28)18(29)11-16(14)27/h10-11,13,19,22H,7-9,12H2,1-6H3,(H2,30,36)(H,31,37)(H,32,38)/t19-,22+/m0/s1. The molecule has 0 radical (unpaired) electrons. The summed E-state index contributed by atoms with van der Waals surface area (Å²) in [7, 11) is 1.83. The normalized spacial score (nSPS) is 15.6. The average Bonchev–Trinajstić information content (AvgIpc) is 3.16. The van der Waals surface area contributed by atoms with Gasteiger partial charge in [-0.15, -0.1) is 0 Å². The van der Waals surface area contributed by atoms with E-state index in [-0.39, 0.29) is 17.2 Å². The quantitative estimate of drug-likeness (QED) is 0.470. The number of amides is 3. The third-order valence-corrected chi connectivity index (χ3v) is 6.47. The molecular weight excluding hydrogens is 501 g/mol. The highest BCUT2D eigenvalue weighted by Gasteiger charge is 2.37. The van der Waals surface area contributed by atoms with Crippen LogP contribution in [0.25, 0.3) is 11.3 Å². The molecule has 1 aliphatic rings. The van der Waals surface area contributed by atoms with Crippen LogP contribution < -0.4 is 16.4 Å². The molecule has 0 fully saturated rings. The maximum Gasteiger partial charge on any atom is 0.343 e. The molecule has 9 nitrogen and oxygen atoms in total. The van der Waals surface area contributed by atoms with E-state index >= 15 is 0 Å². The first-order valence-electron chi connectivity index (χ1n) is 12.4. The molecule has 0 saturated carbocycles. The molecule has 1 aromatic carbocycles. The molecule has 3 amide bonds. The van der Waals surface area contributed by atoms with Crippen molar-refractivity contribution < 1.29 is 27.6 Å². The molecule has 2 aromatic rings. The van der Waals surface area contributed by atoms with Gasteiger partial charge in [-0.3, -0.25) is 9.59 Å². The first-order chi connectivity index (χ1) is 17.6. The Hall–Kier alpha value is -3.41. The Morgan fingerprint density at radius 2 is 1.71 bits per heavy atom. The predicted molar refractivity (Wildman–Crippen MR) is 135 cm³/mol. The molecule has 2 atom stereocenters. The molecule has 12 heteroatoms. The number of halogens is 3. The van der Waals surface area contributed by atoms with Crippen LogP contribution >= 0.6 is 0 Å². The minimum absolute atomic E-state index is 0.0144. The van der Waals surface area contributed by atoms with E-state index in [1.165, 1.54) is 0 Å². The summed E-state index contributed by atoms with van der Waals surface area (Å²) >= 11 is 0. The molecule has 1 aliphatic heterocycles. The van der Waals surface area contributed by atoms with Gasteiger partial charge in [0, 0.05) is 36.7 Å². The van der Waals surface area contributed by atoms with Crippen molar-refractivity contribution in [2.24, 2.45) is 17.1 Å². The highest BCUT2D eigenvalue weighted by molar-refractivity contribution is 5.92. The Morgan fingerprint density at radius 1 is 1.08 bits per heavy atom. The zero-order chi connectivity index (χ0) is 28.5. The number of aromatic nitrogens is 2. The first kappa shape index (κ1) is 29.2. The SMILES string of the molecule is CC(C)C[C@H](NC(=O)[C@@H](NC(=O)n1nc(-c2cc(F)c(F)cc2F)c2c1CCN(C)C2)C(C)(C)C)C(N)=O. The van der Waals surface area contributed by atoms with Crippen molar-refractivity contribution in [2.45, 2.75) is 66.1 Å². The summed E-state index contributed by atoms with van der Waals surface area (Å²) in [6, 6.07) is -1.60. The Labute approximate surface area is 219 Å². The minimum atomic E-state index is -1.33. The van der Waals surface area contributed by atoms with Gasteiger partial charge in [-0.05, 0) is 30.9 Å². The minimum Gasteiger partial charge on any atom is -0.368 e. The predicted octanol–water partition coefficient (Wildman–Crippen LogP) is 2.94. The second-order valence-corrected chi connectivity index (χ2v) is 11.3. The maximum absolute atomic E-state index is 14.7. The van der Waals surface area contributed by atoms with E-state index in [9.17, 15) is 27.6 Å². The molecule has 1 aromatic heterocycles. The number of nitrogens with zero attached hydrogens (tertiary/aromatic N) is 3. The van der Waals surface area contributed by atoms with Crippen LogP contribution in [0.15, 0.2) is 12.1 Å². The van der Waals surface area contributed by atoms with Gasteiger partial charge in [-0.2, -0.15) is 9.78 Å². The Balaban J connectivity index is 1.99. The number of carbonyl (C=O) groups is 3. The zero-order valence-electron chi connectivity index (χ0n) is 22.5. The molecular formula is C26H35F3N6O3. The van der Waals surface area contributed by atoms with Crippen LogP contribution in [0.4, 0.5) is 18.0 Å². The highest BCUT2D eigenvalue weighted by atomic mass is 19.2. The van der Waals surface area contributed by atoms with E-state index in [1.54, 1.807) is 20.8 Å². The molecule has 0 unspecified atom stereocenters. The molecule has 0 spiro atoms. The van der Waals surface area contributed by atoms with Crippen LogP contribution in [0, 0.1) is 28.8 Å². The number of rotatable bonds is 7. The van der Waals surface area contributed by atoms with Gasteiger partial charge in [0.05, 0.1) is 5.69 Å². The zero-order valence-corrected chi connectivity index (χ0v) is 22.5. The lowest BCUT2D eigenvalue weighted by Gasteiger charge is -2.32. The van der Waals surface area contributed by atoms with Gasteiger partial charge in [0.1, 0.15) is 23.6 Å². The van der Waals surface area contributed by atoms with E-state index in [0.717, 1.165) is 4.68 Å². The number of likely N-dealkylation sites (N-methyl/N-ethyl adjacent to an activating group) is 1. The molecule has 208 valence electrons. The number of primary amides is 1. The van der Waals surface area contributed by atoms with E-state index in [2.05, 4.69) is 15.7 Å². The lowest BCUT2D eigenvalue weighted by atomic mass is 9.86. The van der Waals surface area contributed by atoms with Crippen molar-refractivity contribution in [3.05, 3.63) is 40.8 Å². The number of nitrogens with one attached hydrogen (secondary N) is 2. The van der Waals surface area contributed by atoms with Crippen molar-refractivity contribution in [3.8, 4) is 11.3 Å². The van der Waals surface area contributed by atoms with Crippen molar-refractivity contribution in [3.63, 3.8) is 0 Å². The Bertz CT molecular complexity index is 1240. The first-order valence-corrected chi connectivity index (χ1v) is 12.4. The van der Waals surface area contributed by atoms with Crippen molar-refractivity contribution in [2.75, 3.05) is 13.6 Å². The van der Waals surface area contributed by atoms with Crippen LogP contribution in [0.1, 0.15) is 52.3 Å². The van der Waals surface area contributed by atoms with Crippen molar-refractivity contribution in [1.29, 1.82) is 0 Å². The third-order valence-electron chi connectivity index (χ3n) is 6.47. The fourth-order valence-corrected chi connectivity index (χ4v) is 4.47. The number of benzene rings is 1. The van der Waals surface area contributed by atoms with Crippen LogP contribution in [-0.4, -0.2) is 58.2 Å². The summed E-state index contributed by atoms with van der Waals surface area (Å²) in [5.41, 5.74) is 5.41. The van der Waals surface area contributed by atoms with Gasteiger partial charge in [0.25, 0.3) is 0 Å². The number of nitrogens with two attached hydrogens (primary N) is 1. The summed E-state index contributed by atoms with van der Waals surface area (Å²) in [4.78, 5) is 40.5. The average molecular weight is 537 g/mol. The van der Waals surface area contributed by atoms with Gasteiger partial charge in [-0.25, -0.2) is 18.0 Å². The second-order valence-electron chi connectivity index (χ2n) is 11.3. The smallest absolute Gasteiger partial charge is 0.343 e. The summed E-state index contributed by atoms with van der Waals surface area (Å²) in [5, 5.41) is 9.62. The van der Waals surface area contributed by atoms with Gasteiger partial charge in [0.15, 0.2) is 11.6 Å². The van der Waals surface area contributed by atoms with Gasteiger partial charge in [0.2, 0.25) is 11.8 Å². The van der Waals surface area contributed by atoms with E-state index in [1.807, 2.05) is 25.8 Å². The molecule has 3 rings (SSSR count). The summed E-state index contributed by atoms with van der Waals surface area (Å²) in [6.45, 7) is 9.88. The van der Waals surface area contributed by atoms with Gasteiger partial charge in [-0.1, -0.05) is 34.6 Å². The largest absolute Gasteiger partial charge is 0.368 e. The molecule has 0 aliphatic carbocycles. The monoisotopic (exact) mass is 536 g/mol. The van der Waals surface area contributed by atoms with Gasteiger partial charge < -0.3 is 21.3 Å². The lowest BCUT2D eigenvalue weighted by molar-refractivity contribution is -0.130. The second kappa shape index (κ2) is 11.1. The van der Waals surface area contributed by atoms with E-state index in [4.69, 9.17) is 5.73 Å². The molecule has 2 heterocycles. The van der Waals surface area contributed by atoms with E-state index in [0.29, 0.717) is 49.3 Å². The van der Waals surface area contributed by atoms with Crippen LogP contribution in [0.2, 0.25) is 0 Å². The molecule has 0 saturated heterocycles. The van der Waals surface area contributed by atoms with Gasteiger partial charge >= 0.3 is 6.03 Å². The summed E-state index contributed by atoms with van der Waals surface area (Å²) in [5.74, 6) is -4.79. The fourth-order valence-electron chi connectivity index (χ4n) is 4.47. The lowest BCUT2D eigenvalue weighted by Crippen LogP contribution is -2.58. The fraction of sp³-hybridized carbons (Fsp3) is 0.538. The molecule has 0 bridgehead atoms. The number of hydrogen-bond donors (Lipinski definition) is 3. The number of fused-ring (bicyclic) bond motifs is 1. The summed E-state index contributed by atoms with van der Waals surface area (Å²) < 4.78 is 43.3. The number of carbonyl (C=O) groups excluding carboxylic acids is 3. The maximum atomic E-state index is 14.7. The molecule has 38 heavy (non-hydrogen) atoms. The van der Waals surface area contributed by atoms with Crippen molar-refractivity contribution in [1.82, 2.24) is 25.3 Å². The van der Waals surface area contributed by atoms with Crippen LogP contribution in [0.3, 0.4) is 0 Å². The molecule has 4 N–H and O–H groups in total. The Morgan fingerprint density at radius 3 is 2.29 bits per heavy atom. The third kappa shape index (κ3) is 6.35. The van der Waals surface area contributed by atoms with Crippen molar-refractivity contribution >= 4 is 17.8 Å². The van der Waals surface area contributed by atoms with Crippen LogP contribution in [0.5, 0.6) is 0 Å².